The maximum atomic E-state index is 12.2. The van der Waals surface area contributed by atoms with E-state index < -0.39 is 42.5 Å². The van der Waals surface area contributed by atoms with E-state index in [9.17, 15) is 32.1 Å². The number of carbonyl (C=O) groups excluding carboxylic acids is 1. The van der Waals surface area contributed by atoms with Crippen molar-refractivity contribution in [2.75, 3.05) is 0 Å². The van der Waals surface area contributed by atoms with Crippen LogP contribution < -0.4 is 4.74 Å². The number of benzene rings is 1. The SMILES string of the molecule is O=Cc1cc([N+](=O)[O-])c(OC(F)F)c(S(=O)(=O)Cl)c1. The molecule has 0 unspecified atom stereocenters. The van der Waals surface area contributed by atoms with Gasteiger partial charge in [0.15, 0.2) is 0 Å². The van der Waals surface area contributed by atoms with E-state index in [1.54, 1.807) is 0 Å². The lowest BCUT2D eigenvalue weighted by Crippen LogP contribution is -2.09. The summed E-state index contributed by atoms with van der Waals surface area (Å²) in [4.78, 5) is 19.0. The highest BCUT2D eigenvalue weighted by Crippen LogP contribution is 2.37. The monoisotopic (exact) mass is 315 g/mol. The lowest BCUT2D eigenvalue weighted by Gasteiger charge is -2.09. The van der Waals surface area contributed by atoms with Crippen LogP contribution in [0.2, 0.25) is 0 Å². The van der Waals surface area contributed by atoms with E-state index in [4.69, 9.17) is 10.7 Å². The number of hydrogen-bond acceptors (Lipinski definition) is 6. The van der Waals surface area contributed by atoms with Gasteiger partial charge in [-0.05, 0) is 6.07 Å². The molecule has 0 aliphatic heterocycles. The van der Waals surface area contributed by atoms with Crippen LogP contribution in [0.5, 0.6) is 5.75 Å². The van der Waals surface area contributed by atoms with Gasteiger partial charge in [0, 0.05) is 22.3 Å². The summed E-state index contributed by atoms with van der Waals surface area (Å²) in [5, 5.41) is 10.7. The molecule has 0 radical (unpaired) electrons. The number of rotatable bonds is 5. The van der Waals surface area contributed by atoms with Crippen LogP contribution in [-0.2, 0) is 9.05 Å². The molecule has 7 nitrogen and oxygen atoms in total. The molecule has 0 aliphatic carbocycles. The van der Waals surface area contributed by atoms with Gasteiger partial charge in [0.2, 0.25) is 5.75 Å². The van der Waals surface area contributed by atoms with Gasteiger partial charge in [0.1, 0.15) is 11.2 Å². The van der Waals surface area contributed by atoms with Crippen molar-refractivity contribution in [1.82, 2.24) is 0 Å². The molecule has 0 fully saturated rings. The minimum absolute atomic E-state index is 0.102. The molecule has 1 aromatic rings. The predicted octanol–water partition coefficient (Wildman–Crippen LogP) is 1.94. The number of carbonyl (C=O) groups is 1. The third-order valence-corrected chi connectivity index (χ3v) is 3.19. The zero-order chi connectivity index (χ0) is 14.8. The van der Waals surface area contributed by atoms with Crippen molar-refractivity contribution in [3.8, 4) is 5.75 Å². The zero-order valence-corrected chi connectivity index (χ0v) is 10.3. The second-order valence-corrected chi connectivity index (χ2v) is 5.59. The van der Waals surface area contributed by atoms with Crippen molar-refractivity contribution in [1.29, 1.82) is 0 Å². The van der Waals surface area contributed by atoms with E-state index in [-0.39, 0.29) is 6.29 Å². The largest absolute Gasteiger partial charge is 0.426 e. The molecule has 0 saturated heterocycles. The third kappa shape index (κ3) is 3.58. The lowest BCUT2D eigenvalue weighted by molar-refractivity contribution is -0.386. The Balaban J connectivity index is 3.71. The maximum Gasteiger partial charge on any atom is 0.387 e. The van der Waals surface area contributed by atoms with E-state index in [1.165, 1.54) is 0 Å². The van der Waals surface area contributed by atoms with Crippen LogP contribution in [0.25, 0.3) is 0 Å². The molecule has 0 aromatic heterocycles. The van der Waals surface area contributed by atoms with Crippen LogP contribution in [0.1, 0.15) is 10.4 Å². The Labute approximate surface area is 109 Å². The molecule has 0 saturated carbocycles. The first-order chi connectivity index (χ1) is 8.66. The van der Waals surface area contributed by atoms with Gasteiger partial charge in [-0.1, -0.05) is 0 Å². The molecule has 0 spiro atoms. The fraction of sp³-hybridized carbons (Fsp3) is 0.125. The number of alkyl halides is 2. The number of aldehydes is 1. The highest BCUT2D eigenvalue weighted by molar-refractivity contribution is 8.13. The van der Waals surface area contributed by atoms with E-state index in [0.29, 0.717) is 12.1 Å². The van der Waals surface area contributed by atoms with E-state index in [1.807, 2.05) is 0 Å². The summed E-state index contributed by atoms with van der Waals surface area (Å²) in [6, 6.07) is 1.19. The van der Waals surface area contributed by atoms with Gasteiger partial charge in [0.05, 0.1) is 4.92 Å². The first kappa shape index (κ1) is 15.2. The topological polar surface area (TPSA) is 104 Å². The fourth-order valence-electron chi connectivity index (χ4n) is 1.20. The smallest absolute Gasteiger partial charge is 0.387 e. The molecular formula is C8H4ClF2NO6S. The number of nitro benzene ring substituents is 1. The Kier molecular flexibility index (Phi) is 4.37. The molecule has 0 heterocycles. The van der Waals surface area contributed by atoms with Crippen LogP contribution in [-0.4, -0.2) is 26.2 Å². The summed E-state index contributed by atoms with van der Waals surface area (Å²) in [6.07, 6.45) is 0.102. The minimum Gasteiger partial charge on any atom is -0.426 e. The maximum absolute atomic E-state index is 12.2. The molecule has 1 rings (SSSR count). The lowest BCUT2D eigenvalue weighted by atomic mass is 10.2. The van der Waals surface area contributed by atoms with Gasteiger partial charge in [-0.15, -0.1) is 0 Å². The third-order valence-electron chi connectivity index (χ3n) is 1.86. The van der Waals surface area contributed by atoms with Gasteiger partial charge in [-0.2, -0.15) is 8.78 Å². The van der Waals surface area contributed by atoms with Crippen molar-refractivity contribution < 1.29 is 31.7 Å². The van der Waals surface area contributed by atoms with E-state index in [0.717, 1.165) is 0 Å². The number of ether oxygens (including phenoxy) is 1. The molecule has 0 amide bonds. The highest BCUT2D eigenvalue weighted by Gasteiger charge is 2.29. The van der Waals surface area contributed by atoms with Crippen molar-refractivity contribution in [3.63, 3.8) is 0 Å². The van der Waals surface area contributed by atoms with E-state index in [2.05, 4.69) is 4.74 Å². The second kappa shape index (κ2) is 5.45. The number of hydrogen-bond donors (Lipinski definition) is 0. The van der Waals surface area contributed by atoms with Gasteiger partial charge < -0.3 is 4.74 Å². The molecular weight excluding hydrogens is 312 g/mol. The molecule has 0 bridgehead atoms. The average molecular weight is 316 g/mol. The fourth-order valence-corrected chi connectivity index (χ4v) is 2.20. The van der Waals surface area contributed by atoms with Gasteiger partial charge in [-0.3, -0.25) is 14.9 Å². The number of halogens is 3. The summed E-state index contributed by atoms with van der Waals surface area (Å²) in [7, 11) is 0.344. The van der Waals surface area contributed by atoms with Crippen LogP contribution >= 0.6 is 10.7 Å². The summed E-state index contributed by atoms with van der Waals surface area (Å²) < 4.78 is 50.5. The standard InChI is InChI=1S/C8H4ClF2NO6S/c9-19(16,17)6-2-4(3-13)1-5(12(14)15)7(6)18-8(10)11/h1-3,8H. The minimum atomic E-state index is -4.62. The molecule has 0 atom stereocenters. The first-order valence-corrected chi connectivity index (χ1v) is 6.65. The zero-order valence-electron chi connectivity index (χ0n) is 8.75. The van der Waals surface area contributed by atoms with Crippen molar-refractivity contribution in [2.24, 2.45) is 0 Å². The second-order valence-electron chi connectivity index (χ2n) is 3.06. The van der Waals surface area contributed by atoms with Crippen molar-refractivity contribution in [3.05, 3.63) is 27.8 Å². The quantitative estimate of drug-likeness (QED) is 0.356. The summed E-state index contributed by atoms with van der Waals surface area (Å²) in [5.74, 6) is -1.22. The van der Waals surface area contributed by atoms with Gasteiger partial charge in [0.25, 0.3) is 9.05 Å². The Morgan fingerprint density at radius 1 is 1.42 bits per heavy atom. The van der Waals surface area contributed by atoms with Crippen LogP contribution in [0.4, 0.5) is 14.5 Å². The molecule has 19 heavy (non-hydrogen) atoms. The first-order valence-electron chi connectivity index (χ1n) is 4.34. The van der Waals surface area contributed by atoms with Crippen LogP contribution in [0.3, 0.4) is 0 Å². The van der Waals surface area contributed by atoms with Gasteiger partial charge >= 0.3 is 12.3 Å². The van der Waals surface area contributed by atoms with Crippen molar-refractivity contribution in [2.45, 2.75) is 11.5 Å². The summed E-state index contributed by atoms with van der Waals surface area (Å²) >= 11 is 0. The average Bonchev–Trinajstić information content (AvgIpc) is 2.26. The Morgan fingerprint density at radius 2 is 2.00 bits per heavy atom. The Morgan fingerprint density at radius 3 is 2.37 bits per heavy atom. The van der Waals surface area contributed by atoms with E-state index >= 15 is 0 Å². The molecule has 1 aromatic carbocycles. The molecule has 104 valence electrons. The molecule has 0 N–H and O–H groups in total. The Hall–Kier alpha value is -1.81. The van der Waals surface area contributed by atoms with Crippen molar-refractivity contribution >= 4 is 31.7 Å². The highest BCUT2D eigenvalue weighted by atomic mass is 35.7. The molecule has 11 heteroatoms. The molecule has 0 aliphatic rings. The normalized spacial score (nSPS) is 11.4. The number of nitro groups is 1. The Bertz CT molecular complexity index is 632. The summed E-state index contributed by atoms with van der Waals surface area (Å²) in [6.45, 7) is -3.50. The van der Waals surface area contributed by atoms with Crippen LogP contribution in [0, 0.1) is 10.1 Å². The van der Waals surface area contributed by atoms with Crippen LogP contribution in [0.15, 0.2) is 17.0 Å². The van der Waals surface area contributed by atoms with Gasteiger partial charge in [-0.25, -0.2) is 8.42 Å². The predicted molar refractivity (Wildman–Crippen MR) is 58.2 cm³/mol. The number of nitrogens with zero attached hydrogens (tertiary/aromatic N) is 1. The summed E-state index contributed by atoms with van der Waals surface area (Å²) in [5.41, 5.74) is -1.53.